The van der Waals surface area contributed by atoms with Crippen molar-refractivity contribution in [2.45, 2.75) is 108 Å². The fourth-order valence-electron chi connectivity index (χ4n) is 9.66. The maximum absolute atomic E-state index is 15.5. The number of esters is 1. The largest absolute Gasteiger partial charge is 0.479 e. The van der Waals surface area contributed by atoms with Crippen LogP contribution in [0, 0.1) is 12.7 Å². The van der Waals surface area contributed by atoms with E-state index in [0.29, 0.717) is 39.8 Å². The number of carboxylic acids is 1. The summed E-state index contributed by atoms with van der Waals surface area (Å²) in [5, 5.41) is 60.8. The summed E-state index contributed by atoms with van der Waals surface area (Å²) in [5.74, 6) is -5.69. The van der Waals surface area contributed by atoms with Gasteiger partial charge in [-0.05, 0) is 66.6 Å². The van der Waals surface area contributed by atoms with E-state index >= 15 is 4.39 Å². The van der Waals surface area contributed by atoms with Crippen LogP contribution in [0.2, 0.25) is 0 Å². The number of aliphatic hydroxyl groups excluding tert-OH is 3. The number of rotatable bonds is 14. The Bertz CT molecular complexity index is 3090. The molecule has 6 heterocycles. The summed E-state index contributed by atoms with van der Waals surface area (Å²) in [7, 11) is 0. The van der Waals surface area contributed by atoms with Crippen LogP contribution in [0.3, 0.4) is 0 Å². The number of aliphatic hydroxyl groups is 4. The molecule has 4 aromatic rings. The number of pyridine rings is 2. The predicted molar refractivity (Wildman–Crippen MR) is 242 cm³/mol. The van der Waals surface area contributed by atoms with Crippen molar-refractivity contribution in [1.82, 2.24) is 25.1 Å². The molecule has 5 amide bonds. The van der Waals surface area contributed by atoms with E-state index in [1.807, 2.05) is 0 Å². The number of cyclic esters (lactones) is 1. The average molecular weight is 999 g/mol. The zero-order valence-electron chi connectivity index (χ0n) is 38.4. The topological polar surface area (TPSA) is 332 Å². The van der Waals surface area contributed by atoms with E-state index in [9.17, 15) is 63.9 Å². The number of alkyl carbamates (subject to hydrolysis) is 1. The molecule has 0 radical (unpaired) electrons. The zero-order chi connectivity index (χ0) is 51.5. The van der Waals surface area contributed by atoms with E-state index in [1.54, 1.807) is 13.8 Å². The summed E-state index contributed by atoms with van der Waals surface area (Å²) < 4.78 is 38.8. The van der Waals surface area contributed by atoms with Crippen molar-refractivity contribution in [2.24, 2.45) is 0 Å². The van der Waals surface area contributed by atoms with Crippen molar-refractivity contribution in [3.05, 3.63) is 97.6 Å². The molecule has 8 N–H and O–H groups in total. The van der Waals surface area contributed by atoms with Crippen molar-refractivity contribution < 1.29 is 82.4 Å². The van der Waals surface area contributed by atoms with E-state index in [1.165, 1.54) is 34.9 Å². The van der Waals surface area contributed by atoms with Crippen molar-refractivity contribution in [2.75, 3.05) is 18.4 Å². The summed E-state index contributed by atoms with van der Waals surface area (Å²) in [4.78, 5) is 107. The van der Waals surface area contributed by atoms with Crippen molar-refractivity contribution in [1.29, 1.82) is 0 Å². The SMILES string of the molecule is CC[C@@]1(O)C(=O)OCc2c1cc1n(c2=O)Cc2c-1nc1cc(F)c(C)c3c1c2[C@@H](NC(=O)OCc1ccc(O[C@@H]2OC(C(=O)O)[C@@H](O)[C@H](O)C2O)c(NC(=O)CCNC(=O)CCN2C(=O)C=CC2=O)c1)CC3. The number of carbonyl (C=O) groups is 7. The first-order valence-corrected chi connectivity index (χ1v) is 22.9. The number of carbonyl (C=O) groups excluding carboxylic acids is 6. The number of halogens is 1. The maximum atomic E-state index is 15.5. The van der Waals surface area contributed by atoms with Gasteiger partial charge in [0.1, 0.15) is 43.1 Å². The Kier molecular flexibility index (Phi) is 13.1. The van der Waals surface area contributed by atoms with Gasteiger partial charge in [0.2, 0.25) is 18.1 Å². The van der Waals surface area contributed by atoms with Crippen LogP contribution in [0.5, 0.6) is 5.75 Å². The second-order valence-electron chi connectivity index (χ2n) is 17.9. The lowest BCUT2D eigenvalue weighted by Crippen LogP contribution is -2.61. The molecule has 7 atom stereocenters. The van der Waals surface area contributed by atoms with Gasteiger partial charge >= 0.3 is 18.0 Å². The highest BCUT2D eigenvalue weighted by molar-refractivity contribution is 6.13. The Balaban J connectivity index is 0.942. The Morgan fingerprint density at radius 2 is 1.71 bits per heavy atom. The molecular formula is C48H47FN6O17. The number of aromatic nitrogens is 2. The van der Waals surface area contributed by atoms with Crippen LogP contribution in [0.15, 0.2) is 47.3 Å². The number of amides is 5. The summed E-state index contributed by atoms with van der Waals surface area (Å²) >= 11 is 0. The van der Waals surface area contributed by atoms with Gasteiger partial charge in [0.15, 0.2) is 11.7 Å². The fourth-order valence-corrected chi connectivity index (χ4v) is 9.66. The van der Waals surface area contributed by atoms with E-state index in [0.717, 1.165) is 17.1 Å². The summed E-state index contributed by atoms with van der Waals surface area (Å²) in [6.45, 7) is 2.05. The van der Waals surface area contributed by atoms with Crippen LogP contribution in [-0.4, -0.2) is 125 Å². The Hall–Kier alpha value is -7.64. The van der Waals surface area contributed by atoms with Gasteiger partial charge in [-0.3, -0.25) is 28.9 Å². The minimum absolute atomic E-state index is 0.00759. The first kappa shape index (κ1) is 49.3. The Morgan fingerprint density at radius 3 is 2.43 bits per heavy atom. The molecule has 72 heavy (non-hydrogen) atoms. The third-order valence-corrected chi connectivity index (χ3v) is 13.6. The number of fused-ring (bicyclic) bond motifs is 5. The Labute approximate surface area is 406 Å². The molecule has 2 unspecified atom stereocenters. The van der Waals surface area contributed by atoms with Crippen molar-refractivity contribution in [3.63, 3.8) is 0 Å². The predicted octanol–water partition coefficient (Wildman–Crippen LogP) is 0.472. The lowest BCUT2D eigenvalue weighted by Gasteiger charge is -2.38. The minimum Gasteiger partial charge on any atom is -0.479 e. The summed E-state index contributed by atoms with van der Waals surface area (Å²) in [6.07, 6.45) is -8.69. The van der Waals surface area contributed by atoms with E-state index in [2.05, 4.69) is 16.0 Å². The number of benzene rings is 2. The van der Waals surface area contributed by atoms with E-state index < -0.39 is 102 Å². The van der Waals surface area contributed by atoms with Gasteiger partial charge < -0.3 is 65.0 Å². The van der Waals surface area contributed by atoms with Crippen molar-refractivity contribution >= 4 is 58.3 Å². The molecule has 0 spiro atoms. The smallest absolute Gasteiger partial charge is 0.407 e. The lowest BCUT2D eigenvalue weighted by atomic mass is 9.81. The van der Waals surface area contributed by atoms with Gasteiger partial charge in [-0.25, -0.2) is 23.8 Å². The average Bonchev–Trinajstić information content (AvgIpc) is 3.88. The number of anilines is 1. The highest BCUT2D eigenvalue weighted by atomic mass is 19.1. The molecule has 23 nitrogen and oxygen atoms in total. The fraction of sp³-hybridized carbons (Fsp3) is 0.396. The van der Waals surface area contributed by atoms with Gasteiger partial charge in [0.05, 0.1) is 40.7 Å². The van der Waals surface area contributed by atoms with Crippen molar-refractivity contribution in [3.8, 4) is 17.1 Å². The number of nitrogens with one attached hydrogen (secondary N) is 3. The molecular weight excluding hydrogens is 952 g/mol. The number of hydrogen-bond acceptors (Lipinski definition) is 17. The highest BCUT2D eigenvalue weighted by Gasteiger charge is 2.49. The van der Waals surface area contributed by atoms with Gasteiger partial charge in [0.25, 0.3) is 17.4 Å². The zero-order valence-corrected chi connectivity index (χ0v) is 38.4. The minimum atomic E-state index is -2.09. The molecule has 1 aliphatic carbocycles. The van der Waals surface area contributed by atoms with Gasteiger partial charge in [-0.15, -0.1) is 0 Å². The standard InChI is InChI=1S/C48H47FN6O17/c1-3-48(68)25-15-30-38-23(17-55(30)43(63)24(25)19-69-46(48)66)37-27(6-5-22-20(2)26(49)16-29(52-38)36(22)37)53-47(67)70-18-21-4-7-31(71-45-41(62)39(60)40(61)42(72-45)44(64)65)28(14-21)51-33(57)10-12-50-32(56)11-13-54-34(58)8-9-35(54)59/h4,7-9,14-16,27,39-42,45,60-62,68H,3,5-6,10-13,17-19H2,1-2H3,(H,50,56)(H,51,57)(H,53,67)(H,64,65)/t27-,39-,40-,41?,42?,45+,48-/m0/s1. The summed E-state index contributed by atoms with van der Waals surface area (Å²) in [5.41, 5.74) is 0.747. The third kappa shape index (κ3) is 8.80. The molecule has 5 aliphatic rings. The monoisotopic (exact) mass is 998 g/mol. The Morgan fingerprint density at radius 1 is 0.958 bits per heavy atom. The number of aliphatic carboxylic acids is 1. The van der Waals surface area contributed by atoms with Crippen LogP contribution in [0.1, 0.15) is 77.6 Å². The number of carboxylic acid groups (broad SMARTS) is 1. The molecule has 1 saturated heterocycles. The highest BCUT2D eigenvalue weighted by Crippen LogP contribution is 2.46. The number of hydrogen-bond donors (Lipinski definition) is 8. The summed E-state index contributed by atoms with van der Waals surface area (Å²) in [6, 6.07) is 6.04. The number of imide groups is 1. The number of nitrogens with zero attached hydrogens (tertiary/aromatic N) is 3. The van der Waals surface area contributed by atoms with Crippen LogP contribution in [0.4, 0.5) is 14.9 Å². The maximum Gasteiger partial charge on any atom is 0.407 e. The lowest BCUT2D eigenvalue weighted by molar-refractivity contribution is -0.271. The van der Waals surface area contributed by atoms with Gasteiger partial charge in [-0.2, -0.15) is 0 Å². The third-order valence-electron chi connectivity index (χ3n) is 13.6. The molecule has 0 bridgehead atoms. The quantitative estimate of drug-likeness (QED) is 0.0554. The molecule has 0 saturated carbocycles. The molecule has 378 valence electrons. The second-order valence-corrected chi connectivity index (χ2v) is 17.9. The van der Waals surface area contributed by atoms with E-state index in [4.69, 9.17) is 23.9 Å². The molecule has 4 aliphatic heterocycles. The number of ether oxygens (including phenoxy) is 4. The number of aryl methyl sites for hydroxylation is 1. The van der Waals surface area contributed by atoms with Crippen LogP contribution in [0.25, 0.3) is 22.3 Å². The van der Waals surface area contributed by atoms with E-state index in [-0.39, 0.29) is 91.3 Å². The normalized spacial score (nSPS) is 23.8. The molecule has 1 fully saturated rings. The molecule has 2 aromatic heterocycles. The molecule has 9 rings (SSSR count). The van der Waals surface area contributed by atoms with Crippen LogP contribution in [-0.2, 0) is 74.8 Å². The second kappa shape index (κ2) is 19.2. The molecule has 24 heteroatoms. The van der Waals surface area contributed by atoms with Crippen LogP contribution >= 0.6 is 0 Å². The van der Waals surface area contributed by atoms with Gasteiger partial charge in [0, 0.05) is 60.7 Å². The first-order valence-electron chi connectivity index (χ1n) is 22.9. The first-order chi connectivity index (χ1) is 34.3. The molecule has 2 aromatic carbocycles. The van der Waals surface area contributed by atoms with Crippen LogP contribution < -0.4 is 26.2 Å². The van der Waals surface area contributed by atoms with Gasteiger partial charge in [-0.1, -0.05) is 13.0 Å².